The highest BCUT2D eigenvalue weighted by molar-refractivity contribution is 5.78. The molecule has 0 aromatic carbocycles. The van der Waals surface area contributed by atoms with E-state index in [4.69, 9.17) is 0 Å². The minimum Gasteiger partial charge on any atom is -0.356 e. The molecule has 2 aliphatic rings. The molecule has 3 heterocycles. The van der Waals surface area contributed by atoms with E-state index >= 15 is 0 Å². The predicted molar refractivity (Wildman–Crippen MR) is 104 cm³/mol. The number of nitrogens with one attached hydrogen (secondary N) is 2. The number of nitrogens with zero attached hydrogens (tertiary/aromatic N) is 4. The Bertz CT molecular complexity index is 795. The largest absolute Gasteiger partial charge is 0.356 e. The molecule has 2 aliphatic heterocycles. The molecule has 0 saturated carbocycles. The number of anilines is 1. The Morgan fingerprint density at radius 1 is 1.22 bits per heavy atom. The third-order valence-corrected chi connectivity index (χ3v) is 5.70. The molecule has 1 amide bonds. The van der Waals surface area contributed by atoms with Crippen LogP contribution in [0.25, 0.3) is 0 Å². The first kappa shape index (κ1) is 19.6. The van der Waals surface area contributed by atoms with Gasteiger partial charge in [-0.3, -0.25) is 23.6 Å². The molecule has 2 N–H and O–H groups in total. The molecule has 1 atom stereocenters. The van der Waals surface area contributed by atoms with E-state index in [1.165, 1.54) is 17.7 Å². The van der Waals surface area contributed by atoms with Gasteiger partial charge < -0.3 is 15.5 Å². The molecule has 3 rings (SSSR count). The molecule has 0 radical (unpaired) electrons. The summed E-state index contributed by atoms with van der Waals surface area (Å²) in [4.78, 5) is 40.6. The normalized spacial score (nSPS) is 21.0. The van der Waals surface area contributed by atoms with Crippen LogP contribution in [0.15, 0.2) is 15.7 Å². The predicted octanol–water partition coefficient (Wildman–Crippen LogP) is -1.54. The minimum atomic E-state index is -0.339. The topological polar surface area (TPSA) is 91.6 Å². The lowest BCUT2D eigenvalue weighted by atomic mass is 10.1. The van der Waals surface area contributed by atoms with Crippen LogP contribution in [-0.4, -0.2) is 71.8 Å². The van der Waals surface area contributed by atoms with Crippen LogP contribution in [0.1, 0.15) is 19.3 Å². The highest BCUT2D eigenvalue weighted by Crippen LogP contribution is 2.17. The Morgan fingerprint density at radius 2 is 1.93 bits per heavy atom. The van der Waals surface area contributed by atoms with Gasteiger partial charge in [-0.15, -0.1) is 0 Å². The second kappa shape index (κ2) is 8.26. The SMILES string of the molecule is CN(CC(=O)N[C@H]1CCN(c2cc(=O)n(C)c(=O)n2C)C1)C1CCNCC1. The second-order valence-corrected chi connectivity index (χ2v) is 7.64. The first-order valence-corrected chi connectivity index (χ1v) is 9.59. The molecular weight excluding hydrogens is 348 g/mol. The minimum absolute atomic E-state index is 0.0260. The summed E-state index contributed by atoms with van der Waals surface area (Å²) in [6, 6.07) is 1.96. The Labute approximate surface area is 158 Å². The molecule has 0 unspecified atom stereocenters. The van der Waals surface area contributed by atoms with E-state index in [1.54, 1.807) is 7.05 Å². The van der Waals surface area contributed by atoms with Crippen molar-refractivity contribution in [3.8, 4) is 0 Å². The maximum absolute atomic E-state index is 12.4. The lowest BCUT2D eigenvalue weighted by molar-refractivity contribution is -0.123. The summed E-state index contributed by atoms with van der Waals surface area (Å²) in [5.74, 6) is 0.632. The maximum Gasteiger partial charge on any atom is 0.332 e. The summed E-state index contributed by atoms with van der Waals surface area (Å²) in [6.45, 7) is 3.71. The van der Waals surface area contributed by atoms with Crippen LogP contribution in [0.4, 0.5) is 5.82 Å². The lowest BCUT2D eigenvalue weighted by Gasteiger charge is -2.31. The van der Waals surface area contributed by atoms with Crippen molar-refractivity contribution in [1.29, 1.82) is 0 Å². The number of carbonyl (C=O) groups excluding carboxylic acids is 1. The monoisotopic (exact) mass is 378 g/mol. The highest BCUT2D eigenvalue weighted by Gasteiger charge is 2.27. The fourth-order valence-corrected chi connectivity index (χ4v) is 3.99. The molecule has 0 bridgehead atoms. The summed E-state index contributed by atoms with van der Waals surface area (Å²) in [5, 5.41) is 6.44. The summed E-state index contributed by atoms with van der Waals surface area (Å²) in [6.07, 6.45) is 2.93. The van der Waals surface area contributed by atoms with Crippen molar-refractivity contribution >= 4 is 11.7 Å². The van der Waals surface area contributed by atoms with Crippen molar-refractivity contribution in [3.63, 3.8) is 0 Å². The standard InChI is InChI=1S/C18H30N6O3/c1-21(14-4-7-19-8-5-14)12-15(25)20-13-6-9-24(11-13)16-10-17(26)23(3)18(27)22(16)2/h10,13-14,19H,4-9,11-12H2,1-3H3,(H,20,25)/t13-/m0/s1. The van der Waals surface area contributed by atoms with E-state index < -0.39 is 0 Å². The number of carbonyl (C=O) groups is 1. The zero-order valence-electron chi connectivity index (χ0n) is 16.4. The van der Waals surface area contributed by atoms with Crippen LogP contribution >= 0.6 is 0 Å². The maximum atomic E-state index is 12.4. The van der Waals surface area contributed by atoms with Crippen LogP contribution in [0.2, 0.25) is 0 Å². The van der Waals surface area contributed by atoms with Gasteiger partial charge in [0.2, 0.25) is 5.91 Å². The van der Waals surface area contributed by atoms with Crippen LogP contribution in [-0.2, 0) is 18.9 Å². The number of aromatic nitrogens is 2. The number of hydrogen-bond donors (Lipinski definition) is 2. The van der Waals surface area contributed by atoms with E-state index in [0.717, 1.165) is 36.9 Å². The van der Waals surface area contributed by atoms with Gasteiger partial charge in [0.25, 0.3) is 5.56 Å². The fourth-order valence-electron chi connectivity index (χ4n) is 3.99. The molecule has 1 aromatic rings. The van der Waals surface area contributed by atoms with Gasteiger partial charge in [0, 0.05) is 45.3 Å². The lowest BCUT2D eigenvalue weighted by Crippen LogP contribution is -2.47. The molecule has 9 nitrogen and oxygen atoms in total. The molecule has 9 heteroatoms. The number of hydrogen-bond acceptors (Lipinski definition) is 6. The van der Waals surface area contributed by atoms with Gasteiger partial charge in [-0.1, -0.05) is 0 Å². The molecular formula is C18H30N6O3. The second-order valence-electron chi connectivity index (χ2n) is 7.64. The van der Waals surface area contributed by atoms with Gasteiger partial charge in [-0.2, -0.15) is 0 Å². The van der Waals surface area contributed by atoms with Gasteiger partial charge >= 0.3 is 5.69 Å². The third kappa shape index (κ3) is 4.41. The zero-order chi connectivity index (χ0) is 19.6. The van der Waals surface area contributed by atoms with Crippen LogP contribution in [0.3, 0.4) is 0 Å². The molecule has 0 aliphatic carbocycles. The van der Waals surface area contributed by atoms with Crippen molar-refractivity contribution in [2.75, 3.05) is 44.7 Å². The summed E-state index contributed by atoms with van der Waals surface area (Å²) in [7, 11) is 5.14. The Kier molecular flexibility index (Phi) is 6.01. The van der Waals surface area contributed by atoms with Gasteiger partial charge in [-0.05, 0) is 39.4 Å². The average molecular weight is 378 g/mol. The van der Waals surface area contributed by atoms with Gasteiger partial charge in [0.05, 0.1) is 6.54 Å². The smallest absolute Gasteiger partial charge is 0.332 e. The Balaban J connectivity index is 1.56. The van der Waals surface area contributed by atoms with Crippen molar-refractivity contribution in [2.24, 2.45) is 14.1 Å². The van der Waals surface area contributed by atoms with Crippen molar-refractivity contribution in [2.45, 2.75) is 31.3 Å². The molecule has 0 spiro atoms. The molecule has 1 aromatic heterocycles. The number of likely N-dealkylation sites (N-methyl/N-ethyl adjacent to an activating group) is 1. The van der Waals surface area contributed by atoms with Gasteiger partial charge in [0.1, 0.15) is 5.82 Å². The van der Waals surface area contributed by atoms with E-state index in [-0.39, 0.29) is 23.2 Å². The highest BCUT2D eigenvalue weighted by atomic mass is 16.2. The third-order valence-electron chi connectivity index (χ3n) is 5.70. The van der Waals surface area contributed by atoms with Crippen LogP contribution in [0.5, 0.6) is 0 Å². The first-order chi connectivity index (χ1) is 12.9. The molecule has 27 heavy (non-hydrogen) atoms. The van der Waals surface area contributed by atoms with E-state index in [9.17, 15) is 14.4 Å². The summed E-state index contributed by atoms with van der Waals surface area (Å²) >= 11 is 0. The summed E-state index contributed by atoms with van der Waals surface area (Å²) in [5.41, 5.74) is -0.655. The Morgan fingerprint density at radius 3 is 2.63 bits per heavy atom. The Hall–Kier alpha value is -2.13. The number of amides is 1. The molecule has 2 fully saturated rings. The van der Waals surface area contributed by atoms with Gasteiger partial charge in [-0.25, -0.2) is 4.79 Å². The van der Waals surface area contributed by atoms with E-state index in [0.29, 0.717) is 31.5 Å². The molecule has 150 valence electrons. The van der Waals surface area contributed by atoms with Crippen molar-refractivity contribution in [1.82, 2.24) is 24.7 Å². The quantitative estimate of drug-likeness (QED) is 0.646. The van der Waals surface area contributed by atoms with Crippen LogP contribution < -0.4 is 26.8 Å². The van der Waals surface area contributed by atoms with Gasteiger partial charge in [0.15, 0.2) is 0 Å². The fraction of sp³-hybridized carbons (Fsp3) is 0.722. The van der Waals surface area contributed by atoms with E-state index in [1.807, 2.05) is 11.9 Å². The number of piperidine rings is 1. The first-order valence-electron chi connectivity index (χ1n) is 9.59. The van der Waals surface area contributed by atoms with Crippen molar-refractivity contribution in [3.05, 3.63) is 26.9 Å². The van der Waals surface area contributed by atoms with E-state index in [2.05, 4.69) is 15.5 Å². The summed E-state index contributed by atoms with van der Waals surface area (Å²) < 4.78 is 2.58. The molecule has 2 saturated heterocycles. The van der Waals surface area contributed by atoms with Crippen LogP contribution in [0, 0.1) is 0 Å². The van der Waals surface area contributed by atoms with Crippen molar-refractivity contribution < 1.29 is 4.79 Å². The number of rotatable bonds is 5. The zero-order valence-corrected chi connectivity index (χ0v) is 16.4. The average Bonchev–Trinajstić information content (AvgIpc) is 3.11.